The van der Waals surface area contributed by atoms with Crippen molar-refractivity contribution in [1.29, 1.82) is 5.26 Å². The number of benzene rings is 2. The molecule has 0 amide bonds. The zero-order valence-electron chi connectivity index (χ0n) is 14.0. The molecule has 1 heterocycles. The number of hydrogen-bond acceptors (Lipinski definition) is 3. The van der Waals surface area contributed by atoms with E-state index in [1.165, 1.54) is 30.5 Å². The van der Waals surface area contributed by atoms with Crippen LogP contribution in [0.5, 0.6) is 0 Å². The zero-order valence-corrected chi connectivity index (χ0v) is 14.0. The molecule has 0 atom stereocenters. The molecule has 124 valence electrons. The van der Waals surface area contributed by atoms with Gasteiger partial charge in [0.25, 0.3) is 0 Å². The quantitative estimate of drug-likeness (QED) is 0.648. The second-order valence-electron chi connectivity index (χ2n) is 5.90. The van der Waals surface area contributed by atoms with Crippen molar-refractivity contribution < 1.29 is 4.39 Å². The Balaban J connectivity index is 1.80. The van der Waals surface area contributed by atoms with E-state index in [-0.39, 0.29) is 5.56 Å². The van der Waals surface area contributed by atoms with E-state index >= 15 is 0 Å². The Morgan fingerprint density at radius 1 is 0.960 bits per heavy atom. The highest BCUT2D eigenvalue weighted by Crippen LogP contribution is 2.22. The standard InChI is InChI=1S/C21H18FN3/c1-2-3-4-15-5-7-16(8-6-15)19-13-24-21(25-14-19)17-9-10-18(12-23)20(22)11-17/h5-11,13-14H,2-4H2,1H3. The lowest BCUT2D eigenvalue weighted by molar-refractivity contribution is 0.624. The van der Waals surface area contributed by atoms with Gasteiger partial charge in [-0.1, -0.05) is 37.6 Å². The van der Waals surface area contributed by atoms with Gasteiger partial charge in [-0.2, -0.15) is 5.26 Å². The van der Waals surface area contributed by atoms with Crippen LogP contribution in [0.4, 0.5) is 4.39 Å². The molecule has 0 radical (unpaired) electrons. The third-order valence-corrected chi connectivity index (χ3v) is 4.11. The lowest BCUT2D eigenvalue weighted by Crippen LogP contribution is -1.92. The second-order valence-corrected chi connectivity index (χ2v) is 5.90. The van der Waals surface area contributed by atoms with Crippen LogP contribution < -0.4 is 0 Å². The first-order valence-corrected chi connectivity index (χ1v) is 8.32. The molecule has 0 aliphatic carbocycles. The highest BCUT2D eigenvalue weighted by atomic mass is 19.1. The molecule has 0 bridgehead atoms. The summed E-state index contributed by atoms with van der Waals surface area (Å²) in [6.07, 6.45) is 6.95. The number of hydrogen-bond donors (Lipinski definition) is 0. The van der Waals surface area contributed by atoms with Gasteiger partial charge in [0.2, 0.25) is 0 Å². The lowest BCUT2D eigenvalue weighted by Gasteiger charge is -2.05. The summed E-state index contributed by atoms with van der Waals surface area (Å²) in [7, 11) is 0. The van der Waals surface area contributed by atoms with Crippen molar-refractivity contribution >= 4 is 0 Å². The monoisotopic (exact) mass is 331 g/mol. The molecule has 3 aromatic rings. The van der Waals surface area contributed by atoms with E-state index in [0.29, 0.717) is 11.4 Å². The number of halogens is 1. The topological polar surface area (TPSA) is 49.6 Å². The molecular formula is C21H18FN3. The summed E-state index contributed by atoms with van der Waals surface area (Å²) in [5.41, 5.74) is 3.87. The molecule has 0 aliphatic rings. The average Bonchev–Trinajstić information content (AvgIpc) is 2.67. The van der Waals surface area contributed by atoms with E-state index in [0.717, 1.165) is 17.5 Å². The van der Waals surface area contributed by atoms with Crippen LogP contribution in [0.15, 0.2) is 54.9 Å². The minimum atomic E-state index is -0.560. The molecule has 25 heavy (non-hydrogen) atoms. The number of nitrogens with zero attached hydrogens (tertiary/aromatic N) is 3. The molecule has 2 aromatic carbocycles. The maximum atomic E-state index is 13.7. The minimum absolute atomic E-state index is 0.0172. The molecule has 0 saturated heterocycles. The van der Waals surface area contributed by atoms with E-state index in [1.54, 1.807) is 24.5 Å². The average molecular weight is 331 g/mol. The summed E-state index contributed by atoms with van der Waals surface area (Å²) >= 11 is 0. The van der Waals surface area contributed by atoms with Crippen LogP contribution in [0, 0.1) is 17.1 Å². The Labute approximate surface area is 146 Å². The Morgan fingerprint density at radius 2 is 1.64 bits per heavy atom. The Hall–Kier alpha value is -3.06. The van der Waals surface area contributed by atoms with Crippen LogP contribution in [0.2, 0.25) is 0 Å². The van der Waals surface area contributed by atoms with Gasteiger partial charge >= 0.3 is 0 Å². The van der Waals surface area contributed by atoms with E-state index in [1.807, 2.05) is 0 Å². The van der Waals surface area contributed by atoms with Crippen LogP contribution in [-0.4, -0.2) is 9.97 Å². The first kappa shape index (κ1) is 16.8. The predicted octanol–water partition coefficient (Wildman–Crippen LogP) is 5.16. The van der Waals surface area contributed by atoms with Gasteiger partial charge in [-0.3, -0.25) is 0 Å². The van der Waals surface area contributed by atoms with Crippen LogP contribution in [0.1, 0.15) is 30.9 Å². The summed E-state index contributed by atoms with van der Waals surface area (Å²) in [6, 6.07) is 14.6. The summed E-state index contributed by atoms with van der Waals surface area (Å²) in [6.45, 7) is 2.19. The second kappa shape index (κ2) is 7.67. The third kappa shape index (κ3) is 3.89. The maximum absolute atomic E-state index is 13.7. The largest absolute Gasteiger partial charge is 0.236 e. The highest BCUT2D eigenvalue weighted by molar-refractivity contribution is 5.64. The number of unbranched alkanes of at least 4 members (excludes halogenated alkanes) is 1. The van der Waals surface area contributed by atoms with Crippen LogP contribution >= 0.6 is 0 Å². The van der Waals surface area contributed by atoms with Crippen molar-refractivity contribution in [3.05, 3.63) is 71.8 Å². The van der Waals surface area contributed by atoms with Gasteiger partial charge in [0, 0.05) is 23.5 Å². The minimum Gasteiger partial charge on any atom is -0.236 e. The van der Waals surface area contributed by atoms with Gasteiger partial charge in [-0.15, -0.1) is 0 Å². The summed E-state index contributed by atoms with van der Waals surface area (Å²) in [5.74, 6) is -0.123. The van der Waals surface area contributed by atoms with Gasteiger partial charge in [0.1, 0.15) is 11.9 Å². The van der Waals surface area contributed by atoms with Gasteiger partial charge < -0.3 is 0 Å². The fourth-order valence-corrected chi connectivity index (χ4v) is 2.62. The van der Waals surface area contributed by atoms with Gasteiger partial charge in [0.15, 0.2) is 5.82 Å². The normalized spacial score (nSPS) is 10.4. The Kier molecular flexibility index (Phi) is 5.15. The van der Waals surface area contributed by atoms with Gasteiger partial charge in [0.05, 0.1) is 5.56 Å². The molecule has 0 saturated carbocycles. The van der Waals surface area contributed by atoms with Crippen LogP contribution in [0.25, 0.3) is 22.5 Å². The molecule has 3 rings (SSSR count). The van der Waals surface area contributed by atoms with Crippen molar-refractivity contribution in [3.8, 4) is 28.6 Å². The summed E-state index contributed by atoms with van der Waals surface area (Å²) < 4.78 is 13.7. The fourth-order valence-electron chi connectivity index (χ4n) is 2.62. The molecule has 0 unspecified atom stereocenters. The molecule has 4 heteroatoms. The van der Waals surface area contributed by atoms with Gasteiger partial charge in [-0.25, -0.2) is 14.4 Å². The highest BCUT2D eigenvalue weighted by Gasteiger charge is 2.07. The fraction of sp³-hybridized carbons (Fsp3) is 0.190. The Bertz CT molecular complexity index is 894. The lowest BCUT2D eigenvalue weighted by atomic mass is 10.0. The molecular weight excluding hydrogens is 313 g/mol. The van der Waals surface area contributed by atoms with E-state index in [2.05, 4.69) is 41.2 Å². The first-order valence-electron chi connectivity index (χ1n) is 8.32. The van der Waals surface area contributed by atoms with Crippen molar-refractivity contribution in [3.63, 3.8) is 0 Å². The molecule has 0 N–H and O–H groups in total. The SMILES string of the molecule is CCCCc1ccc(-c2cnc(-c3ccc(C#N)c(F)c3)nc2)cc1. The first-order chi connectivity index (χ1) is 12.2. The molecule has 3 nitrogen and oxygen atoms in total. The van der Waals surface area contributed by atoms with Crippen molar-refractivity contribution in [1.82, 2.24) is 9.97 Å². The van der Waals surface area contributed by atoms with Crippen LogP contribution in [-0.2, 0) is 6.42 Å². The number of aromatic nitrogens is 2. The predicted molar refractivity (Wildman–Crippen MR) is 96.2 cm³/mol. The third-order valence-electron chi connectivity index (χ3n) is 4.11. The smallest absolute Gasteiger partial charge is 0.159 e. The maximum Gasteiger partial charge on any atom is 0.159 e. The molecule has 0 spiro atoms. The van der Waals surface area contributed by atoms with Crippen molar-refractivity contribution in [2.24, 2.45) is 0 Å². The molecule has 0 fully saturated rings. The number of aryl methyl sites for hydroxylation is 1. The van der Waals surface area contributed by atoms with E-state index in [4.69, 9.17) is 5.26 Å². The molecule has 0 aliphatic heterocycles. The number of rotatable bonds is 5. The van der Waals surface area contributed by atoms with Gasteiger partial charge in [-0.05, 0) is 42.2 Å². The van der Waals surface area contributed by atoms with Crippen molar-refractivity contribution in [2.45, 2.75) is 26.2 Å². The zero-order chi connectivity index (χ0) is 17.6. The van der Waals surface area contributed by atoms with E-state index < -0.39 is 5.82 Å². The van der Waals surface area contributed by atoms with Crippen molar-refractivity contribution in [2.75, 3.05) is 0 Å². The van der Waals surface area contributed by atoms with E-state index in [9.17, 15) is 4.39 Å². The van der Waals surface area contributed by atoms with Crippen LogP contribution in [0.3, 0.4) is 0 Å². The number of nitriles is 1. The summed E-state index contributed by atoms with van der Waals surface area (Å²) in [4.78, 5) is 8.67. The molecule has 1 aromatic heterocycles. The Morgan fingerprint density at radius 3 is 2.24 bits per heavy atom. The summed E-state index contributed by atoms with van der Waals surface area (Å²) in [5, 5.41) is 8.79.